The Labute approximate surface area is 124 Å². The molecule has 1 aliphatic carbocycles. The molecule has 2 rings (SSSR count). The zero-order chi connectivity index (χ0) is 14.8. The first kappa shape index (κ1) is 15.4. The van der Waals surface area contributed by atoms with Crippen LogP contribution in [-0.2, 0) is 4.79 Å². The first-order chi connectivity index (χ1) is 9.39. The number of carboxylic acid groups (broad SMARTS) is 1. The van der Waals surface area contributed by atoms with Gasteiger partial charge in [-0.2, -0.15) is 0 Å². The summed E-state index contributed by atoms with van der Waals surface area (Å²) in [5, 5.41) is 19.5. The third-order valence-corrected chi connectivity index (χ3v) is 5.52. The molecule has 3 nitrogen and oxygen atoms in total. The lowest BCUT2D eigenvalue weighted by atomic mass is 9.80. The van der Waals surface area contributed by atoms with E-state index in [1.807, 2.05) is 0 Å². The van der Waals surface area contributed by atoms with Gasteiger partial charge in [0.15, 0.2) is 0 Å². The number of aliphatic carboxylic acids is 1. The van der Waals surface area contributed by atoms with Gasteiger partial charge in [0.1, 0.15) is 0 Å². The molecule has 0 heterocycles. The van der Waals surface area contributed by atoms with E-state index in [4.69, 9.17) is 5.11 Å². The summed E-state index contributed by atoms with van der Waals surface area (Å²) in [5.74, 6) is -0.363. The van der Waals surface area contributed by atoms with E-state index in [0.29, 0.717) is 31.4 Å². The van der Waals surface area contributed by atoms with Crippen molar-refractivity contribution in [2.24, 2.45) is 5.92 Å². The van der Waals surface area contributed by atoms with Crippen LogP contribution in [0.2, 0.25) is 0 Å². The number of hydrogen-bond donors (Lipinski definition) is 2. The van der Waals surface area contributed by atoms with Gasteiger partial charge in [0.2, 0.25) is 0 Å². The first-order valence-corrected chi connectivity index (χ1v) is 8.03. The SMILES string of the molecule is Cc1ccc(SCC2(O)CCC(C(=O)O)CC2)cc1C. The van der Waals surface area contributed by atoms with Crippen molar-refractivity contribution in [2.75, 3.05) is 5.75 Å². The average Bonchev–Trinajstić information content (AvgIpc) is 2.41. The Morgan fingerprint density at radius 3 is 2.50 bits per heavy atom. The molecule has 1 aromatic carbocycles. The summed E-state index contributed by atoms with van der Waals surface area (Å²) in [4.78, 5) is 12.1. The summed E-state index contributed by atoms with van der Waals surface area (Å²) >= 11 is 1.66. The summed E-state index contributed by atoms with van der Waals surface area (Å²) in [6.07, 6.45) is 2.34. The second kappa shape index (κ2) is 6.19. The summed E-state index contributed by atoms with van der Waals surface area (Å²) < 4.78 is 0. The fourth-order valence-corrected chi connectivity index (χ4v) is 3.72. The van der Waals surface area contributed by atoms with Crippen molar-refractivity contribution >= 4 is 17.7 Å². The van der Waals surface area contributed by atoms with Crippen molar-refractivity contribution in [1.82, 2.24) is 0 Å². The van der Waals surface area contributed by atoms with Gasteiger partial charge < -0.3 is 10.2 Å². The van der Waals surface area contributed by atoms with Crippen LogP contribution in [0, 0.1) is 19.8 Å². The minimum Gasteiger partial charge on any atom is -0.481 e. The monoisotopic (exact) mass is 294 g/mol. The third-order valence-electron chi connectivity index (χ3n) is 4.25. The molecule has 0 bridgehead atoms. The molecule has 0 amide bonds. The fraction of sp³-hybridized carbons (Fsp3) is 0.562. The van der Waals surface area contributed by atoms with E-state index in [2.05, 4.69) is 32.0 Å². The molecule has 0 saturated heterocycles. The molecule has 0 unspecified atom stereocenters. The number of carboxylic acids is 1. The molecule has 1 saturated carbocycles. The van der Waals surface area contributed by atoms with E-state index in [0.717, 1.165) is 0 Å². The zero-order valence-electron chi connectivity index (χ0n) is 12.1. The van der Waals surface area contributed by atoms with Crippen LogP contribution >= 0.6 is 11.8 Å². The number of carbonyl (C=O) groups is 1. The van der Waals surface area contributed by atoms with Gasteiger partial charge in [-0.25, -0.2) is 0 Å². The number of aryl methyl sites for hydroxylation is 2. The lowest BCUT2D eigenvalue weighted by Gasteiger charge is -2.34. The quantitative estimate of drug-likeness (QED) is 0.836. The van der Waals surface area contributed by atoms with E-state index in [1.165, 1.54) is 16.0 Å². The summed E-state index contributed by atoms with van der Waals surface area (Å²) in [6, 6.07) is 6.33. The zero-order valence-corrected chi connectivity index (χ0v) is 12.9. The van der Waals surface area contributed by atoms with E-state index >= 15 is 0 Å². The van der Waals surface area contributed by atoms with Crippen LogP contribution in [0.25, 0.3) is 0 Å². The van der Waals surface area contributed by atoms with Crippen molar-refractivity contribution in [1.29, 1.82) is 0 Å². The number of thioether (sulfide) groups is 1. The molecule has 0 aliphatic heterocycles. The third kappa shape index (κ3) is 3.76. The second-order valence-electron chi connectivity index (χ2n) is 5.87. The van der Waals surface area contributed by atoms with Gasteiger partial charge in [-0.15, -0.1) is 11.8 Å². The van der Waals surface area contributed by atoms with Crippen LogP contribution in [-0.4, -0.2) is 27.5 Å². The van der Waals surface area contributed by atoms with Crippen LogP contribution in [0.15, 0.2) is 23.1 Å². The highest BCUT2D eigenvalue weighted by Crippen LogP contribution is 2.36. The Hall–Kier alpha value is -1.00. The standard InChI is InChI=1S/C16H22O3S/c1-11-3-4-14(9-12(11)2)20-10-16(19)7-5-13(6-8-16)15(17)18/h3-4,9,13,19H,5-8,10H2,1-2H3,(H,17,18). The maximum atomic E-state index is 10.9. The Kier molecular flexibility index (Phi) is 4.76. The summed E-state index contributed by atoms with van der Waals surface area (Å²) in [5.41, 5.74) is 1.82. The Morgan fingerprint density at radius 1 is 1.30 bits per heavy atom. The van der Waals surface area contributed by atoms with Gasteiger partial charge in [0.05, 0.1) is 11.5 Å². The first-order valence-electron chi connectivity index (χ1n) is 7.05. The Bertz CT molecular complexity index is 490. The smallest absolute Gasteiger partial charge is 0.306 e. The van der Waals surface area contributed by atoms with E-state index in [9.17, 15) is 9.90 Å². The molecule has 1 aliphatic rings. The maximum Gasteiger partial charge on any atom is 0.306 e. The van der Waals surface area contributed by atoms with Gasteiger partial charge in [-0.05, 0) is 62.8 Å². The molecule has 0 atom stereocenters. The molecular weight excluding hydrogens is 272 g/mol. The van der Waals surface area contributed by atoms with Crippen LogP contribution in [0.1, 0.15) is 36.8 Å². The minimum atomic E-state index is -0.728. The maximum absolute atomic E-state index is 10.9. The van der Waals surface area contributed by atoms with Crippen molar-refractivity contribution in [3.8, 4) is 0 Å². The molecule has 20 heavy (non-hydrogen) atoms. The van der Waals surface area contributed by atoms with Crippen LogP contribution in [0.3, 0.4) is 0 Å². The van der Waals surface area contributed by atoms with E-state index < -0.39 is 11.6 Å². The Balaban J connectivity index is 1.90. The van der Waals surface area contributed by atoms with E-state index in [1.54, 1.807) is 11.8 Å². The highest BCUT2D eigenvalue weighted by Gasteiger charge is 2.35. The van der Waals surface area contributed by atoms with Crippen molar-refractivity contribution in [3.05, 3.63) is 29.3 Å². The molecule has 1 aromatic rings. The number of benzene rings is 1. The number of rotatable bonds is 4. The highest BCUT2D eigenvalue weighted by molar-refractivity contribution is 7.99. The van der Waals surface area contributed by atoms with Crippen LogP contribution in [0.5, 0.6) is 0 Å². The van der Waals surface area contributed by atoms with Gasteiger partial charge in [-0.3, -0.25) is 4.79 Å². The minimum absolute atomic E-state index is 0.276. The second-order valence-corrected chi connectivity index (χ2v) is 6.92. The normalized spacial score (nSPS) is 26.4. The summed E-state index contributed by atoms with van der Waals surface area (Å²) in [6.45, 7) is 4.18. The molecule has 2 N–H and O–H groups in total. The fourth-order valence-electron chi connectivity index (χ4n) is 2.57. The molecule has 1 fully saturated rings. The molecule has 0 aromatic heterocycles. The molecule has 0 spiro atoms. The van der Waals surface area contributed by atoms with Gasteiger partial charge in [-0.1, -0.05) is 6.07 Å². The highest BCUT2D eigenvalue weighted by atomic mass is 32.2. The molecule has 0 radical (unpaired) electrons. The van der Waals surface area contributed by atoms with Gasteiger partial charge in [0, 0.05) is 10.6 Å². The molecule has 4 heteroatoms. The predicted molar refractivity (Wildman–Crippen MR) is 81.2 cm³/mol. The lowest BCUT2D eigenvalue weighted by Crippen LogP contribution is -2.38. The van der Waals surface area contributed by atoms with Crippen molar-refractivity contribution < 1.29 is 15.0 Å². The largest absolute Gasteiger partial charge is 0.481 e. The average molecular weight is 294 g/mol. The predicted octanol–water partition coefficient (Wildman–Crippen LogP) is 3.40. The van der Waals surface area contributed by atoms with E-state index in [-0.39, 0.29) is 5.92 Å². The van der Waals surface area contributed by atoms with Crippen LogP contribution < -0.4 is 0 Å². The molecular formula is C16H22O3S. The van der Waals surface area contributed by atoms with Gasteiger partial charge >= 0.3 is 5.97 Å². The molecule has 110 valence electrons. The van der Waals surface area contributed by atoms with Crippen molar-refractivity contribution in [3.63, 3.8) is 0 Å². The Morgan fingerprint density at radius 2 is 1.95 bits per heavy atom. The van der Waals surface area contributed by atoms with Gasteiger partial charge in [0.25, 0.3) is 0 Å². The van der Waals surface area contributed by atoms with Crippen molar-refractivity contribution in [2.45, 2.75) is 50.0 Å². The summed E-state index contributed by atoms with van der Waals surface area (Å²) in [7, 11) is 0. The number of hydrogen-bond acceptors (Lipinski definition) is 3. The number of aliphatic hydroxyl groups is 1. The topological polar surface area (TPSA) is 57.5 Å². The van der Waals surface area contributed by atoms with Crippen LogP contribution in [0.4, 0.5) is 0 Å². The lowest BCUT2D eigenvalue weighted by molar-refractivity contribution is -0.144.